The van der Waals surface area contributed by atoms with Gasteiger partial charge < -0.3 is 14.4 Å². The van der Waals surface area contributed by atoms with E-state index in [4.69, 9.17) is 12.0 Å². The van der Waals surface area contributed by atoms with E-state index in [0.29, 0.717) is 16.7 Å². The molecule has 1 amide bonds. The van der Waals surface area contributed by atoms with E-state index in [1.165, 1.54) is 12.1 Å². The summed E-state index contributed by atoms with van der Waals surface area (Å²) in [4.78, 5) is 11.9. The van der Waals surface area contributed by atoms with Gasteiger partial charge in [0.25, 0.3) is 0 Å². The molecule has 0 fully saturated rings. The first-order valence-electron chi connectivity index (χ1n) is 7.10. The fraction of sp³-hybridized carbons (Fsp3) is 0.429. The van der Waals surface area contributed by atoms with Crippen LogP contribution in [-0.4, -0.2) is 22.0 Å². The normalized spacial score (nSPS) is 13.8. The lowest BCUT2D eigenvalue weighted by Crippen LogP contribution is -2.27. The fourth-order valence-corrected chi connectivity index (χ4v) is 1.71. The van der Waals surface area contributed by atoms with E-state index in [0.717, 1.165) is 0 Å². The third-order valence-corrected chi connectivity index (χ3v) is 2.55. The van der Waals surface area contributed by atoms with Crippen molar-refractivity contribution < 1.29 is 21.9 Å². The van der Waals surface area contributed by atoms with Crippen molar-refractivity contribution >= 4 is 22.7 Å². The van der Waals surface area contributed by atoms with Crippen molar-refractivity contribution in [1.29, 1.82) is 0 Å². The number of nitrogens with one attached hydrogen (secondary N) is 1. The largest absolute Gasteiger partial charge is 0.444 e. The quantitative estimate of drug-likeness (QED) is 0.883. The highest BCUT2D eigenvalue weighted by atomic mass is 16.6. The molecule has 0 spiro atoms. The van der Waals surface area contributed by atoms with Crippen LogP contribution in [0.1, 0.15) is 34.8 Å². The number of hydrogen-bond acceptors (Lipinski definition) is 5. The Kier molecular flexibility index (Phi) is 3.01. The minimum atomic E-state index is -2.65. The minimum Gasteiger partial charge on any atom is -0.444 e. The van der Waals surface area contributed by atoms with Crippen LogP contribution in [0.2, 0.25) is 0 Å². The molecule has 1 aromatic carbocycles. The first-order valence-corrected chi connectivity index (χ1v) is 6.10. The van der Waals surface area contributed by atoms with Gasteiger partial charge in [0.05, 0.1) is 20.7 Å². The molecular weight excluding hydrogens is 260 g/mol. The molecule has 0 unspecified atom stereocenters. The van der Waals surface area contributed by atoms with Crippen LogP contribution >= 0.6 is 0 Å². The van der Waals surface area contributed by atoms with E-state index in [2.05, 4.69) is 10.5 Å². The number of aromatic nitrogens is 1. The number of rotatable bonds is 2. The lowest BCUT2D eigenvalue weighted by molar-refractivity contribution is 0.0635. The van der Waals surface area contributed by atoms with Crippen LogP contribution in [-0.2, 0) is 11.3 Å². The summed E-state index contributed by atoms with van der Waals surface area (Å²) in [6, 6.07) is 2.80. The zero-order chi connectivity index (χ0) is 16.7. The third kappa shape index (κ3) is 3.08. The van der Waals surface area contributed by atoms with E-state index in [1.807, 2.05) is 0 Å². The molecule has 108 valence electrons. The highest BCUT2D eigenvalue weighted by Gasteiger charge is 2.18. The van der Waals surface area contributed by atoms with Gasteiger partial charge in [0.1, 0.15) is 5.60 Å². The lowest BCUT2D eigenvalue weighted by atomic mass is 10.1. The van der Waals surface area contributed by atoms with Crippen LogP contribution in [0.3, 0.4) is 0 Å². The Morgan fingerprint density at radius 1 is 1.55 bits per heavy atom. The minimum absolute atomic E-state index is 0.0977. The van der Waals surface area contributed by atoms with Crippen molar-refractivity contribution in [2.75, 3.05) is 5.32 Å². The summed E-state index contributed by atoms with van der Waals surface area (Å²) in [5.41, 5.74) is 0.176. The zero-order valence-electron chi connectivity index (χ0n) is 13.8. The third-order valence-electron chi connectivity index (χ3n) is 2.55. The van der Waals surface area contributed by atoms with Crippen molar-refractivity contribution in [2.45, 2.75) is 39.9 Å². The predicted molar refractivity (Wildman–Crippen MR) is 74.5 cm³/mol. The molecule has 2 aromatic rings. The highest BCUT2D eigenvalue weighted by molar-refractivity contribution is 5.91. The number of amides is 1. The maximum absolute atomic E-state index is 11.9. The number of carbonyl (C=O) groups is 1. The first kappa shape index (κ1) is 11.7. The van der Waals surface area contributed by atoms with Gasteiger partial charge in [-0.25, -0.2) is 4.79 Å². The number of fused-ring (bicyclic) bond motifs is 1. The maximum atomic E-state index is 11.9. The molecule has 1 heterocycles. The van der Waals surface area contributed by atoms with Crippen LogP contribution in [0.15, 0.2) is 16.7 Å². The van der Waals surface area contributed by atoms with E-state index in [-0.39, 0.29) is 11.3 Å². The Morgan fingerprint density at radius 3 is 2.85 bits per heavy atom. The van der Waals surface area contributed by atoms with Gasteiger partial charge in [0.2, 0.25) is 0 Å². The molecule has 20 heavy (non-hydrogen) atoms. The summed E-state index contributed by atoms with van der Waals surface area (Å²) in [5.74, 6) is 0. The Hall–Kier alpha value is -2.08. The Morgan fingerprint density at radius 2 is 2.25 bits per heavy atom. The van der Waals surface area contributed by atoms with Crippen molar-refractivity contribution in [3.05, 3.63) is 23.4 Å². The van der Waals surface area contributed by atoms with Gasteiger partial charge in [-0.05, 0) is 39.8 Å². The van der Waals surface area contributed by atoms with Crippen LogP contribution < -0.4 is 5.32 Å². The summed E-state index contributed by atoms with van der Waals surface area (Å²) >= 11 is 0. The molecule has 0 saturated carbocycles. The summed E-state index contributed by atoms with van der Waals surface area (Å²) in [5, 5.41) is 16.5. The van der Waals surface area contributed by atoms with E-state index in [9.17, 15) is 9.90 Å². The van der Waals surface area contributed by atoms with Gasteiger partial charge in [0.15, 0.2) is 5.58 Å². The van der Waals surface area contributed by atoms with Gasteiger partial charge >= 0.3 is 6.09 Å². The van der Waals surface area contributed by atoms with Crippen molar-refractivity contribution in [1.82, 2.24) is 5.16 Å². The van der Waals surface area contributed by atoms with Crippen LogP contribution in [0.25, 0.3) is 11.0 Å². The summed E-state index contributed by atoms with van der Waals surface area (Å²) in [7, 11) is 0. The molecule has 0 atom stereocenters. The van der Waals surface area contributed by atoms with Crippen LogP contribution in [0, 0.1) is 6.92 Å². The number of hydrogen-bond donors (Lipinski definition) is 2. The molecule has 6 nitrogen and oxygen atoms in total. The summed E-state index contributed by atoms with van der Waals surface area (Å²) in [6.07, 6.45) is -0.744. The number of carbonyl (C=O) groups excluding carboxylic acids is 1. The molecule has 0 aliphatic rings. The Labute approximate surface area is 119 Å². The van der Waals surface area contributed by atoms with Crippen LogP contribution in [0.4, 0.5) is 10.5 Å². The smallest absolute Gasteiger partial charge is 0.412 e. The number of nitrogens with zero attached hydrogens (tertiary/aromatic N) is 1. The molecular formula is C14H18N2O4. The topological polar surface area (TPSA) is 84.6 Å². The number of ether oxygens (including phenoxy) is 1. The zero-order valence-corrected chi connectivity index (χ0v) is 11.8. The van der Waals surface area contributed by atoms with Gasteiger partial charge in [0, 0.05) is 10.9 Å². The monoisotopic (exact) mass is 280 g/mol. The highest BCUT2D eigenvalue weighted by Crippen LogP contribution is 2.27. The maximum Gasteiger partial charge on any atom is 0.412 e. The van der Waals surface area contributed by atoms with Crippen molar-refractivity contribution in [3.8, 4) is 0 Å². The van der Waals surface area contributed by atoms with Crippen LogP contribution in [0.5, 0.6) is 0 Å². The Bertz CT molecular complexity index is 714. The average molecular weight is 280 g/mol. The molecule has 1 aromatic heterocycles. The van der Waals surface area contributed by atoms with E-state index >= 15 is 0 Å². The lowest BCUT2D eigenvalue weighted by Gasteiger charge is -2.20. The van der Waals surface area contributed by atoms with E-state index < -0.39 is 18.3 Å². The fourth-order valence-electron chi connectivity index (χ4n) is 1.71. The molecule has 2 N–H and O–H groups in total. The van der Waals surface area contributed by atoms with E-state index in [1.54, 1.807) is 27.7 Å². The molecule has 6 heteroatoms. The van der Waals surface area contributed by atoms with Crippen molar-refractivity contribution in [3.63, 3.8) is 0 Å². The van der Waals surface area contributed by atoms with Gasteiger partial charge in [-0.3, -0.25) is 5.32 Å². The molecule has 2 rings (SSSR count). The number of aliphatic hydroxyl groups is 1. The molecule has 0 bridgehead atoms. The summed E-state index contributed by atoms with van der Waals surface area (Å²) in [6.45, 7) is 4.21. The molecule has 0 aliphatic carbocycles. The van der Waals surface area contributed by atoms with Gasteiger partial charge in [-0.1, -0.05) is 5.16 Å². The number of anilines is 1. The van der Waals surface area contributed by atoms with Crippen molar-refractivity contribution in [2.24, 2.45) is 0 Å². The SMILES string of the molecule is [2H]C([2H])(O)c1cc2onc(C)c2cc1NC(=O)OC(C)(C)C. The standard InChI is InChI=1S/C14H18N2O4/c1-8-10-6-11(15-13(18)19-14(2,3)4)9(7-17)5-12(10)20-16-8/h5-6,17H,7H2,1-4H3,(H,15,18)/i7D2. The van der Waals surface area contributed by atoms with Gasteiger partial charge in [-0.15, -0.1) is 0 Å². The molecule has 0 aliphatic heterocycles. The average Bonchev–Trinajstić information content (AvgIpc) is 2.66. The summed E-state index contributed by atoms with van der Waals surface area (Å²) < 4.78 is 25.2. The Balaban J connectivity index is 2.45. The molecule has 0 radical (unpaired) electrons. The second-order valence-corrected chi connectivity index (χ2v) is 5.40. The van der Waals surface area contributed by atoms with Gasteiger partial charge in [-0.2, -0.15) is 0 Å². The second kappa shape index (κ2) is 5.13. The molecule has 0 saturated heterocycles. The number of aryl methyl sites for hydroxylation is 1. The number of benzene rings is 1. The second-order valence-electron chi connectivity index (χ2n) is 5.40. The first-order chi connectivity index (χ1) is 9.97. The predicted octanol–water partition coefficient (Wildman–Crippen LogP) is 2.98.